The Kier molecular flexibility index (Phi) is 10.6. The highest BCUT2D eigenvalue weighted by Crippen LogP contribution is 2.46. The molecule has 0 bridgehead atoms. The van der Waals surface area contributed by atoms with Crippen molar-refractivity contribution in [1.82, 2.24) is 30.1 Å². The number of aromatic nitrogens is 3. The maximum absolute atomic E-state index is 12.0. The number of carbonyl (C=O) groups is 1. The maximum Gasteiger partial charge on any atom is 0.243 e. The Balaban J connectivity index is 1.50. The number of amides is 1. The lowest BCUT2D eigenvalue weighted by Gasteiger charge is -2.32. The van der Waals surface area contributed by atoms with Crippen LogP contribution in [0.25, 0.3) is 22.2 Å². The SMILES string of the molecule is C=CC(=O)N[C@H]1CCOC[C@H]1Nc1ncc2cc(-c3c(Cl)c(OC)cc(OC)c3Cl)nc(NCCN3CCN(C)CC3)c2n1. The molecule has 5 rings (SSSR count). The fourth-order valence-corrected chi connectivity index (χ4v) is 6.03. The Labute approximate surface area is 267 Å². The first-order valence-electron chi connectivity index (χ1n) is 14.5. The second kappa shape index (κ2) is 14.6. The summed E-state index contributed by atoms with van der Waals surface area (Å²) in [6.07, 6.45) is 3.64. The minimum Gasteiger partial charge on any atom is -0.495 e. The average Bonchev–Trinajstić information content (AvgIpc) is 3.03. The number of benzene rings is 1. The van der Waals surface area contributed by atoms with Gasteiger partial charge in [-0.05, 0) is 25.6 Å². The van der Waals surface area contributed by atoms with E-state index in [0.717, 1.165) is 38.1 Å². The number of fused-ring (bicyclic) bond motifs is 1. The summed E-state index contributed by atoms with van der Waals surface area (Å²) in [5.41, 5.74) is 1.62. The van der Waals surface area contributed by atoms with Crippen LogP contribution in [0.5, 0.6) is 11.5 Å². The molecule has 4 heterocycles. The first-order valence-corrected chi connectivity index (χ1v) is 15.3. The number of piperazine rings is 1. The molecule has 2 aliphatic rings. The van der Waals surface area contributed by atoms with Gasteiger partial charge in [-0.3, -0.25) is 9.69 Å². The van der Waals surface area contributed by atoms with Crippen molar-refractivity contribution in [1.29, 1.82) is 0 Å². The first-order chi connectivity index (χ1) is 21.3. The Morgan fingerprint density at radius 2 is 1.84 bits per heavy atom. The topological polar surface area (TPSA) is 126 Å². The van der Waals surface area contributed by atoms with Crippen molar-refractivity contribution in [2.75, 3.05) is 84.4 Å². The highest BCUT2D eigenvalue weighted by atomic mass is 35.5. The van der Waals surface area contributed by atoms with E-state index >= 15 is 0 Å². The van der Waals surface area contributed by atoms with Gasteiger partial charge in [0.05, 0.1) is 48.6 Å². The molecule has 44 heavy (non-hydrogen) atoms. The van der Waals surface area contributed by atoms with E-state index in [1.54, 1.807) is 12.3 Å². The van der Waals surface area contributed by atoms with Gasteiger partial charge in [0.15, 0.2) is 5.82 Å². The third kappa shape index (κ3) is 7.27. The number of likely N-dealkylation sites (N-methyl/N-ethyl adjacent to an activating group) is 1. The van der Waals surface area contributed by atoms with Crippen LogP contribution < -0.4 is 25.4 Å². The number of halogens is 2. The van der Waals surface area contributed by atoms with Crippen molar-refractivity contribution in [2.24, 2.45) is 0 Å². The zero-order chi connectivity index (χ0) is 31.2. The fraction of sp³-hybridized carbons (Fsp3) is 0.467. The first kappa shape index (κ1) is 32.0. The summed E-state index contributed by atoms with van der Waals surface area (Å²) < 4.78 is 16.7. The fourth-order valence-electron chi connectivity index (χ4n) is 5.34. The molecular formula is C30H38Cl2N8O4. The molecule has 2 aliphatic heterocycles. The van der Waals surface area contributed by atoms with Gasteiger partial charge in [-0.25, -0.2) is 15.0 Å². The minimum absolute atomic E-state index is 0.164. The van der Waals surface area contributed by atoms with E-state index in [1.165, 1.54) is 20.3 Å². The number of anilines is 2. The predicted octanol–water partition coefficient (Wildman–Crippen LogP) is 3.55. The van der Waals surface area contributed by atoms with E-state index < -0.39 is 0 Å². The third-order valence-electron chi connectivity index (χ3n) is 7.90. The molecule has 2 atom stereocenters. The Morgan fingerprint density at radius 3 is 2.52 bits per heavy atom. The van der Waals surface area contributed by atoms with Crippen LogP contribution in [0.2, 0.25) is 10.0 Å². The lowest BCUT2D eigenvalue weighted by atomic mass is 10.0. The highest BCUT2D eigenvalue weighted by molar-refractivity contribution is 6.41. The van der Waals surface area contributed by atoms with Crippen molar-refractivity contribution in [3.8, 4) is 22.8 Å². The highest BCUT2D eigenvalue weighted by Gasteiger charge is 2.28. The van der Waals surface area contributed by atoms with Gasteiger partial charge < -0.3 is 35.1 Å². The van der Waals surface area contributed by atoms with E-state index in [-0.39, 0.29) is 18.0 Å². The molecule has 0 aliphatic carbocycles. The smallest absolute Gasteiger partial charge is 0.243 e. The van der Waals surface area contributed by atoms with E-state index in [4.69, 9.17) is 47.4 Å². The molecule has 0 radical (unpaired) electrons. The van der Waals surface area contributed by atoms with E-state index in [0.29, 0.717) is 76.3 Å². The summed E-state index contributed by atoms with van der Waals surface area (Å²) in [5, 5.41) is 11.2. The molecule has 1 aromatic carbocycles. The summed E-state index contributed by atoms with van der Waals surface area (Å²) in [4.78, 5) is 31.2. The molecule has 0 unspecified atom stereocenters. The van der Waals surface area contributed by atoms with Gasteiger partial charge in [-0.2, -0.15) is 0 Å². The molecule has 236 valence electrons. The summed E-state index contributed by atoms with van der Waals surface area (Å²) in [7, 11) is 5.20. The molecule has 2 fully saturated rings. The van der Waals surface area contributed by atoms with Crippen molar-refractivity contribution < 1.29 is 19.0 Å². The summed E-state index contributed by atoms with van der Waals surface area (Å²) in [6.45, 7) is 10.1. The van der Waals surface area contributed by atoms with Gasteiger partial charge in [0.25, 0.3) is 0 Å². The van der Waals surface area contributed by atoms with E-state index in [9.17, 15) is 4.79 Å². The van der Waals surface area contributed by atoms with Gasteiger partial charge in [0, 0.05) is 69.1 Å². The number of ether oxygens (including phenoxy) is 3. The van der Waals surface area contributed by atoms with Crippen LogP contribution in [0.3, 0.4) is 0 Å². The lowest BCUT2D eigenvalue weighted by Crippen LogP contribution is -2.52. The van der Waals surface area contributed by atoms with Crippen molar-refractivity contribution in [3.05, 3.63) is 41.0 Å². The quantitative estimate of drug-likeness (QED) is 0.265. The van der Waals surface area contributed by atoms with Gasteiger partial charge in [0.2, 0.25) is 11.9 Å². The zero-order valence-electron chi connectivity index (χ0n) is 25.2. The van der Waals surface area contributed by atoms with Crippen LogP contribution >= 0.6 is 23.2 Å². The van der Waals surface area contributed by atoms with Crippen molar-refractivity contribution in [3.63, 3.8) is 0 Å². The molecule has 12 nitrogen and oxygen atoms in total. The molecule has 0 saturated carbocycles. The third-order valence-corrected chi connectivity index (χ3v) is 8.65. The van der Waals surface area contributed by atoms with Crippen LogP contribution in [0.15, 0.2) is 31.0 Å². The number of nitrogens with one attached hydrogen (secondary N) is 3. The van der Waals surface area contributed by atoms with E-state index in [1.807, 2.05) is 6.07 Å². The Bertz CT molecular complexity index is 1470. The number of methoxy groups -OCH3 is 2. The Morgan fingerprint density at radius 1 is 1.11 bits per heavy atom. The number of nitrogens with zero attached hydrogens (tertiary/aromatic N) is 5. The molecule has 1 amide bonds. The molecule has 3 N–H and O–H groups in total. The average molecular weight is 646 g/mol. The van der Waals surface area contributed by atoms with E-state index in [2.05, 4.69) is 44.4 Å². The number of hydrogen-bond acceptors (Lipinski definition) is 11. The molecule has 0 spiro atoms. The lowest BCUT2D eigenvalue weighted by molar-refractivity contribution is -0.117. The van der Waals surface area contributed by atoms with Gasteiger partial charge in [-0.1, -0.05) is 29.8 Å². The molecule has 2 saturated heterocycles. The summed E-state index contributed by atoms with van der Waals surface area (Å²) in [6, 6.07) is 3.09. The van der Waals surface area contributed by atoms with Crippen molar-refractivity contribution >= 4 is 51.8 Å². The van der Waals surface area contributed by atoms with Crippen molar-refractivity contribution in [2.45, 2.75) is 18.5 Å². The van der Waals surface area contributed by atoms with Gasteiger partial charge in [-0.15, -0.1) is 0 Å². The zero-order valence-corrected chi connectivity index (χ0v) is 26.7. The predicted molar refractivity (Wildman–Crippen MR) is 173 cm³/mol. The monoisotopic (exact) mass is 644 g/mol. The Hall–Kier alpha value is -3.42. The summed E-state index contributed by atoms with van der Waals surface area (Å²) >= 11 is 13.5. The summed E-state index contributed by atoms with van der Waals surface area (Å²) in [5.74, 6) is 1.54. The molecule has 3 aromatic rings. The molecule has 2 aromatic heterocycles. The standard InChI is InChI=1S/C30H38Cl2N8O4/c1-5-24(41)35-19-6-13-44-17-21(19)37-30-34-16-18-14-20(25-26(31)22(42-3)15-23(43-4)27(25)32)36-29(28(18)38-30)33-7-8-40-11-9-39(2)10-12-40/h5,14-16,19,21H,1,6-13,17H2,2-4H3,(H,33,36)(H,35,41)(H,34,37,38)/t19-,21+/m0/s1. The van der Waals surface area contributed by atoms with Crippen LogP contribution in [-0.4, -0.2) is 116 Å². The number of rotatable bonds is 11. The van der Waals surface area contributed by atoms with Crippen LogP contribution in [0.1, 0.15) is 6.42 Å². The number of pyridine rings is 1. The van der Waals surface area contributed by atoms with Crippen LogP contribution in [-0.2, 0) is 9.53 Å². The minimum atomic E-state index is -0.238. The van der Waals surface area contributed by atoms with Gasteiger partial charge >= 0.3 is 0 Å². The van der Waals surface area contributed by atoms with Crippen LogP contribution in [0, 0.1) is 0 Å². The second-order valence-corrected chi connectivity index (χ2v) is 11.5. The van der Waals surface area contributed by atoms with Gasteiger partial charge in [0.1, 0.15) is 17.0 Å². The number of carbonyl (C=O) groups excluding carboxylic acids is 1. The molecule has 14 heteroatoms. The second-order valence-electron chi connectivity index (χ2n) is 10.8. The number of hydrogen-bond donors (Lipinski definition) is 3. The van der Waals surface area contributed by atoms with Crippen LogP contribution in [0.4, 0.5) is 11.8 Å². The largest absolute Gasteiger partial charge is 0.495 e. The molecular weight excluding hydrogens is 607 g/mol. The maximum atomic E-state index is 12.0. The normalized spacial score (nSPS) is 19.4.